The van der Waals surface area contributed by atoms with Gasteiger partial charge in [-0.15, -0.1) is 0 Å². The molecule has 0 heterocycles. The molecule has 0 aromatic heterocycles. The van der Waals surface area contributed by atoms with Crippen LogP contribution in [0.5, 0.6) is 11.5 Å². The molecule has 0 aliphatic carbocycles. The first kappa shape index (κ1) is 15.3. The number of benzene rings is 1. The molecule has 0 fully saturated rings. The molecule has 0 unspecified atom stereocenters. The smallest absolute Gasteiger partial charge is 0.420 e. The topological polar surface area (TPSA) is 29.5 Å². The summed E-state index contributed by atoms with van der Waals surface area (Å²) in [6.07, 6.45) is -10.5. The summed E-state index contributed by atoms with van der Waals surface area (Å²) in [5.74, 6) is -4.00. The van der Waals surface area contributed by atoms with Crippen LogP contribution in [0.3, 0.4) is 0 Å². The molecule has 1 aromatic rings. The summed E-state index contributed by atoms with van der Waals surface area (Å²) in [7, 11) is 0. The number of phenolic OH excluding ortho intramolecular Hbond substituents is 1. The Morgan fingerprint density at radius 2 is 1.32 bits per heavy atom. The van der Waals surface area contributed by atoms with E-state index >= 15 is 0 Å². The molecule has 1 aromatic carbocycles. The lowest BCUT2D eigenvalue weighted by Crippen LogP contribution is -2.14. The molecule has 0 radical (unpaired) electrons. The monoisotopic (exact) mass is 296 g/mol. The SMILES string of the molecule is Oc1c(C(F)(F)F)ccc(C(F)(F)F)c1OC(F)F. The summed E-state index contributed by atoms with van der Waals surface area (Å²) in [6, 6.07) is -0.170. The van der Waals surface area contributed by atoms with E-state index in [2.05, 4.69) is 4.74 Å². The lowest BCUT2D eigenvalue weighted by molar-refractivity contribution is -0.146. The largest absolute Gasteiger partial charge is 0.504 e. The second-order valence-corrected chi connectivity index (χ2v) is 3.21. The van der Waals surface area contributed by atoms with Crippen molar-refractivity contribution >= 4 is 0 Å². The number of rotatable bonds is 2. The van der Waals surface area contributed by atoms with Crippen LogP contribution in [0.1, 0.15) is 11.1 Å². The standard InChI is InChI=1S/C9H4F8O2/c10-7(11)19-6-4(9(15,16)17)2-1-3(5(6)18)8(12,13)14/h1-2,7,18H. The van der Waals surface area contributed by atoms with E-state index in [1.165, 1.54) is 0 Å². The molecule has 0 atom stereocenters. The molecule has 0 aliphatic heterocycles. The van der Waals surface area contributed by atoms with Gasteiger partial charge in [0.15, 0.2) is 11.5 Å². The maximum Gasteiger partial charge on any atom is 0.420 e. The second kappa shape index (κ2) is 4.74. The minimum atomic E-state index is -5.26. The molecular weight excluding hydrogens is 292 g/mol. The number of halogens is 8. The molecule has 0 aliphatic rings. The third-order valence-corrected chi connectivity index (χ3v) is 1.95. The van der Waals surface area contributed by atoms with E-state index in [4.69, 9.17) is 5.11 Å². The fourth-order valence-electron chi connectivity index (χ4n) is 1.23. The Morgan fingerprint density at radius 3 is 1.68 bits per heavy atom. The first-order valence-electron chi connectivity index (χ1n) is 4.39. The van der Waals surface area contributed by atoms with Gasteiger partial charge in [0.2, 0.25) is 0 Å². The van der Waals surface area contributed by atoms with E-state index in [-0.39, 0.29) is 12.1 Å². The Labute approximate surface area is 99.8 Å². The van der Waals surface area contributed by atoms with E-state index in [0.29, 0.717) is 0 Å². The molecule has 0 saturated carbocycles. The quantitative estimate of drug-likeness (QED) is 0.835. The lowest BCUT2D eigenvalue weighted by Gasteiger charge is -2.17. The van der Waals surface area contributed by atoms with Gasteiger partial charge in [-0.25, -0.2) is 0 Å². The van der Waals surface area contributed by atoms with Gasteiger partial charge >= 0.3 is 19.0 Å². The Bertz CT molecular complexity index is 463. The van der Waals surface area contributed by atoms with E-state index in [0.717, 1.165) is 0 Å². The summed E-state index contributed by atoms with van der Waals surface area (Å²) >= 11 is 0. The van der Waals surface area contributed by atoms with Gasteiger partial charge in [-0.05, 0) is 12.1 Å². The predicted molar refractivity (Wildman–Crippen MR) is 44.7 cm³/mol. The Morgan fingerprint density at radius 1 is 0.895 bits per heavy atom. The van der Waals surface area contributed by atoms with Crippen molar-refractivity contribution in [1.82, 2.24) is 0 Å². The highest BCUT2D eigenvalue weighted by molar-refractivity contribution is 5.53. The van der Waals surface area contributed by atoms with Crippen molar-refractivity contribution < 1.29 is 45.0 Å². The van der Waals surface area contributed by atoms with Gasteiger partial charge in [-0.3, -0.25) is 0 Å². The average molecular weight is 296 g/mol. The zero-order chi connectivity index (χ0) is 15.0. The number of hydrogen-bond acceptors (Lipinski definition) is 2. The molecule has 0 spiro atoms. The molecule has 1 rings (SSSR count). The molecule has 1 N–H and O–H groups in total. The van der Waals surface area contributed by atoms with Crippen LogP contribution in [0.25, 0.3) is 0 Å². The van der Waals surface area contributed by atoms with Gasteiger partial charge in [-0.1, -0.05) is 0 Å². The van der Waals surface area contributed by atoms with Gasteiger partial charge < -0.3 is 9.84 Å². The van der Waals surface area contributed by atoms with E-state index in [1.807, 2.05) is 0 Å². The number of ether oxygens (including phenoxy) is 1. The van der Waals surface area contributed by atoms with E-state index in [9.17, 15) is 35.1 Å². The van der Waals surface area contributed by atoms with Gasteiger partial charge in [0.25, 0.3) is 0 Å². The van der Waals surface area contributed by atoms with Crippen LogP contribution in [-0.2, 0) is 12.4 Å². The van der Waals surface area contributed by atoms with Gasteiger partial charge in [0.05, 0.1) is 0 Å². The minimum Gasteiger partial charge on any atom is -0.504 e. The van der Waals surface area contributed by atoms with Crippen molar-refractivity contribution in [1.29, 1.82) is 0 Å². The maximum atomic E-state index is 12.4. The number of phenols is 1. The second-order valence-electron chi connectivity index (χ2n) is 3.21. The Hall–Kier alpha value is -1.74. The highest BCUT2D eigenvalue weighted by atomic mass is 19.4. The highest BCUT2D eigenvalue weighted by Gasteiger charge is 2.42. The average Bonchev–Trinajstić information content (AvgIpc) is 2.16. The van der Waals surface area contributed by atoms with Crippen LogP contribution in [0.2, 0.25) is 0 Å². The molecule has 0 saturated heterocycles. The third-order valence-electron chi connectivity index (χ3n) is 1.95. The summed E-state index contributed by atoms with van der Waals surface area (Å²) in [5, 5.41) is 9.04. The number of aromatic hydroxyl groups is 1. The number of alkyl halides is 8. The molecule has 0 bridgehead atoms. The Balaban J connectivity index is 3.50. The van der Waals surface area contributed by atoms with Crippen molar-refractivity contribution in [3.63, 3.8) is 0 Å². The molecule has 2 nitrogen and oxygen atoms in total. The van der Waals surface area contributed by atoms with Crippen LogP contribution >= 0.6 is 0 Å². The summed E-state index contributed by atoms with van der Waals surface area (Å²) in [5.41, 5.74) is -3.84. The molecular formula is C9H4F8O2. The fraction of sp³-hybridized carbons (Fsp3) is 0.333. The molecule has 0 amide bonds. The van der Waals surface area contributed by atoms with Crippen molar-refractivity contribution in [3.05, 3.63) is 23.3 Å². The summed E-state index contributed by atoms with van der Waals surface area (Å²) < 4.78 is 101. The van der Waals surface area contributed by atoms with Crippen molar-refractivity contribution in [2.24, 2.45) is 0 Å². The van der Waals surface area contributed by atoms with E-state index in [1.54, 1.807) is 0 Å². The van der Waals surface area contributed by atoms with Gasteiger partial charge in [0, 0.05) is 0 Å². The third kappa shape index (κ3) is 3.38. The molecule has 108 valence electrons. The van der Waals surface area contributed by atoms with Gasteiger partial charge in [-0.2, -0.15) is 35.1 Å². The lowest BCUT2D eigenvalue weighted by atomic mass is 10.1. The minimum absolute atomic E-state index is 0.0729. The predicted octanol–water partition coefficient (Wildman–Crippen LogP) is 4.03. The first-order valence-corrected chi connectivity index (χ1v) is 4.39. The molecule has 19 heavy (non-hydrogen) atoms. The fourth-order valence-corrected chi connectivity index (χ4v) is 1.23. The van der Waals surface area contributed by atoms with Crippen LogP contribution in [-0.4, -0.2) is 11.7 Å². The summed E-state index contributed by atoms with van der Waals surface area (Å²) in [4.78, 5) is 0. The zero-order valence-corrected chi connectivity index (χ0v) is 8.61. The van der Waals surface area contributed by atoms with Gasteiger partial charge in [0.1, 0.15) is 11.1 Å². The van der Waals surface area contributed by atoms with Crippen molar-refractivity contribution in [2.45, 2.75) is 19.0 Å². The Kier molecular flexibility index (Phi) is 3.82. The zero-order valence-electron chi connectivity index (χ0n) is 8.61. The summed E-state index contributed by atoms with van der Waals surface area (Å²) in [6.45, 7) is -3.82. The highest BCUT2D eigenvalue weighted by Crippen LogP contribution is 2.47. The van der Waals surface area contributed by atoms with Crippen LogP contribution < -0.4 is 4.74 Å². The van der Waals surface area contributed by atoms with Crippen molar-refractivity contribution in [2.75, 3.05) is 0 Å². The molecule has 10 heteroatoms. The van der Waals surface area contributed by atoms with E-state index < -0.39 is 41.6 Å². The van der Waals surface area contributed by atoms with Crippen LogP contribution in [0.4, 0.5) is 35.1 Å². The van der Waals surface area contributed by atoms with Crippen LogP contribution in [0, 0.1) is 0 Å². The number of hydrogen-bond donors (Lipinski definition) is 1. The van der Waals surface area contributed by atoms with Crippen molar-refractivity contribution in [3.8, 4) is 11.5 Å². The van der Waals surface area contributed by atoms with Crippen LogP contribution in [0.15, 0.2) is 12.1 Å². The normalized spacial score (nSPS) is 12.9. The maximum absolute atomic E-state index is 12.4. The first-order chi connectivity index (χ1) is 8.44.